The maximum atomic E-state index is 12.7. The first-order chi connectivity index (χ1) is 15.5. The molecule has 2 heterocycles. The Labute approximate surface area is 195 Å². The molecule has 1 aromatic heterocycles. The number of rotatable bonds is 7. The summed E-state index contributed by atoms with van der Waals surface area (Å²) in [6.45, 7) is 7.08. The van der Waals surface area contributed by atoms with E-state index >= 15 is 0 Å². The SMILES string of the molecule is C[C@@H](CC(=O)N1C(=O)C(Cc2cnc(NC(=O)OC(C)(C)C)s2)[C@H]1C(=O)O)c1ccccc1. The Morgan fingerprint density at radius 3 is 2.52 bits per heavy atom. The number of likely N-dealkylation sites (tertiary alicyclic amines) is 1. The highest BCUT2D eigenvalue weighted by Gasteiger charge is 2.54. The third-order valence-electron chi connectivity index (χ3n) is 5.17. The number of nitrogens with zero attached hydrogens (tertiary/aromatic N) is 2. The van der Waals surface area contributed by atoms with Gasteiger partial charge in [0.15, 0.2) is 5.13 Å². The molecule has 0 aliphatic carbocycles. The van der Waals surface area contributed by atoms with Gasteiger partial charge in [0, 0.05) is 17.5 Å². The number of nitrogens with one attached hydrogen (secondary N) is 1. The van der Waals surface area contributed by atoms with Crippen LogP contribution in [-0.2, 0) is 25.5 Å². The van der Waals surface area contributed by atoms with Gasteiger partial charge in [-0.3, -0.25) is 19.8 Å². The Bertz CT molecular complexity index is 1050. The maximum Gasteiger partial charge on any atom is 0.413 e. The van der Waals surface area contributed by atoms with Gasteiger partial charge in [-0.25, -0.2) is 14.6 Å². The summed E-state index contributed by atoms with van der Waals surface area (Å²) in [5.41, 5.74) is 0.280. The minimum Gasteiger partial charge on any atom is -0.480 e. The summed E-state index contributed by atoms with van der Waals surface area (Å²) in [6.07, 6.45) is 0.972. The number of carboxylic acid groups (broad SMARTS) is 1. The number of benzene rings is 1. The molecule has 2 aromatic rings. The number of hydrogen-bond donors (Lipinski definition) is 2. The maximum absolute atomic E-state index is 12.7. The monoisotopic (exact) mass is 473 g/mol. The second-order valence-corrected chi connectivity index (χ2v) is 10.1. The molecule has 33 heavy (non-hydrogen) atoms. The van der Waals surface area contributed by atoms with Crippen molar-refractivity contribution >= 4 is 40.3 Å². The van der Waals surface area contributed by atoms with Crippen LogP contribution in [-0.4, -0.2) is 50.5 Å². The summed E-state index contributed by atoms with van der Waals surface area (Å²) in [6, 6.07) is 8.15. The molecule has 0 radical (unpaired) electrons. The van der Waals surface area contributed by atoms with Gasteiger partial charge in [0.1, 0.15) is 11.6 Å². The van der Waals surface area contributed by atoms with Crippen LogP contribution < -0.4 is 5.32 Å². The quantitative estimate of drug-likeness (QED) is 0.588. The van der Waals surface area contributed by atoms with Gasteiger partial charge >= 0.3 is 12.1 Å². The normalized spacial score (nSPS) is 18.9. The molecule has 1 aromatic carbocycles. The fraction of sp³-hybridized carbons (Fsp3) is 0.435. The van der Waals surface area contributed by atoms with E-state index in [0.717, 1.165) is 21.8 Å². The zero-order valence-corrected chi connectivity index (χ0v) is 19.7. The summed E-state index contributed by atoms with van der Waals surface area (Å²) < 4.78 is 5.17. The van der Waals surface area contributed by atoms with Gasteiger partial charge in [0.05, 0.1) is 5.92 Å². The number of amides is 3. The number of β-lactam (4-membered cyclic amide) rings is 1. The fourth-order valence-corrected chi connectivity index (χ4v) is 4.49. The first kappa shape index (κ1) is 24.4. The van der Waals surface area contributed by atoms with E-state index in [2.05, 4.69) is 10.3 Å². The zero-order valence-electron chi connectivity index (χ0n) is 18.9. The van der Waals surface area contributed by atoms with Crippen LogP contribution in [0.1, 0.15) is 50.5 Å². The Morgan fingerprint density at radius 1 is 1.24 bits per heavy atom. The summed E-state index contributed by atoms with van der Waals surface area (Å²) in [7, 11) is 0. The molecule has 0 saturated carbocycles. The summed E-state index contributed by atoms with van der Waals surface area (Å²) in [5.74, 6) is -3.26. The van der Waals surface area contributed by atoms with Gasteiger partial charge in [-0.2, -0.15) is 0 Å². The third-order valence-corrected chi connectivity index (χ3v) is 6.10. The van der Waals surface area contributed by atoms with Crippen LogP contribution >= 0.6 is 11.3 Å². The van der Waals surface area contributed by atoms with Crippen LogP contribution in [0, 0.1) is 5.92 Å². The number of aromatic nitrogens is 1. The number of aliphatic carboxylic acids is 1. The molecule has 1 saturated heterocycles. The lowest BCUT2D eigenvalue weighted by Crippen LogP contribution is -2.66. The number of carbonyl (C=O) groups excluding carboxylic acids is 3. The van der Waals surface area contributed by atoms with Crippen molar-refractivity contribution in [2.75, 3.05) is 5.32 Å². The first-order valence-corrected chi connectivity index (χ1v) is 11.4. The Balaban J connectivity index is 1.63. The summed E-state index contributed by atoms with van der Waals surface area (Å²) in [4.78, 5) is 54.8. The highest BCUT2D eigenvalue weighted by molar-refractivity contribution is 7.15. The smallest absolute Gasteiger partial charge is 0.413 e. The number of thiazole rings is 1. The van der Waals surface area contributed by atoms with Crippen LogP contribution in [0.25, 0.3) is 0 Å². The Hall–Kier alpha value is -3.27. The molecule has 1 aliphatic rings. The van der Waals surface area contributed by atoms with E-state index in [1.54, 1.807) is 20.8 Å². The number of carbonyl (C=O) groups is 4. The molecule has 3 rings (SSSR count). The average molecular weight is 474 g/mol. The second-order valence-electron chi connectivity index (χ2n) is 8.97. The van der Waals surface area contributed by atoms with Crippen LogP contribution in [0.15, 0.2) is 36.5 Å². The highest BCUT2D eigenvalue weighted by atomic mass is 32.1. The minimum atomic E-state index is -1.23. The molecule has 10 heteroatoms. The van der Waals surface area contributed by atoms with Crippen LogP contribution in [0.5, 0.6) is 0 Å². The summed E-state index contributed by atoms with van der Waals surface area (Å²) in [5, 5.41) is 12.5. The van der Waals surface area contributed by atoms with E-state index in [-0.39, 0.29) is 23.9 Å². The third kappa shape index (κ3) is 5.95. The lowest BCUT2D eigenvalue weighted by molar-refractivity contribution is -0.177. The highest BCUT2D eigenvalue weighted by Crippen LogP contribution is 2.34. The fourth-order valence-electron chi connectivity index (χ4n) is 3.64. The van der Waals surface area contributed by atoms with Crippen LogP contribution in [0.4, 0.5) is 9.93 Å². The van der Waals surface area contributed by atoms with Gasteiger partial charge < -0.3 is 9.84 Å². The molecule has 1 aliphatic heterocycles. The van der Waals surface area contributed by atoms with Crippen LogP contribution in [0.2, 0.25) is 0 Å². The molecular formula is C23H27N3O6S. The average Bonchev–Trinajstić information content (AvgIpc) is 3.15. The second kappa shape index (κ2) is 9.70. The topological polar surface area (TPSA) is 126 Å². The van der Waals surface area contributed by atoms with E-state index in [0.29, 0.717) is 4.88 Å². The summed E-state index contributed by atoms with van der Waals surface area (Å²) >= 11 is 1.13. The van der Waals surface area contributed by atoms with Crippen molar-refractivity contribution in [1.29, 1.82) is 0 Å². The molecule has 1 fully saturated rings. The molecule has 3 atom stereocenters. The van der Waals surface area contributed by atoms with Crippen LogP contribution in [0.3, 0.4) is 0 Å². The van der Waals surface area contributed by atoms with Gasteiger partial charge in [-0.1, -0.05) is 37.3 Å². The zero-order chi connectivity index (χ0) is 24.3. The molecule has 0 bridgehead atoms. The Morgan fingerprint density at radius 2 is 1.91 bits per heavy atom. The largest absolute Gasteiger partial charge is 0.480 e. The van der Waals surface area contributed by atoms with E-state index < -0.39 is 41.4 Å². The van der Waals surface area contributed by atoms with Crippen molar-refractivity contribution in [1.82, 2.24) is 9.88 Å². The van der Waals surface area contributed by atoms with Crippen molar-refractivity contribution in [3.63, 3.8) is 0 Å². The van der Waals surface area contributed by atoms with E-state index in [4.69, 9.17) is 4.74 Å². The molecule has 3 amide bonds. The van der Waals surface area contributed by atoms with Gasteiger partial charge in [-0.05, 0) is 38.7 Å². The van der Waals surface area contributed by atoms with Gasteiger partial charge in [-0.15, -0.1) is 11.3 Å². The van der Waals surface area contributed by atoms with Crippen molar-refractivity contribution in [3.8, 4) is 0 Å². The molecule has 176 valence electrons. The molecule has 2 N–H and O–H groups in total. The number of hydrogen-bond acceptors (Lipinski definition) is 7. The van der Waals surface area contributed by atoms with Gasteiger partial charge in [0.2, 0.25) is 11.8 Å². The number of carboxylic acids is 1. The number of imide groups is 1. The number of ether oxygens (including phenoxy) is 1. The van der Waals surface area contributed by atoms with E-state index in [9.17, 15) is 24.3 Å². The molecule has 1 unspecified atom stereocenters. The van der Waals surface area contributed by atoms with Gasteiger partial charge in [0.25, 0.3) is 0 Å². The lowest BCUT2D eigenvalue weighted by atomic mass is 9.83. The molecule has 0 spiro atoms. The van der Waals surface area contributed by atoms with Crippen molar-refractivity contribution in [2.45, 2.75) is 58.1 Å². The Kier molecular flexibility index (Phi) is 7.16. The predicted octanol–water partition coefficient (Wildman–Crippen LogP) is 3.66. The van der Waals surface area contributed by atoms with Crippen molar-refractivity contribution in [3.05, 3.63) is 47.0 Å². The van der Waals surface area contributed by atoms with Crippen molar-refractivity contribution < 1.29 is 29.0 Å². The van der Waals surface area contributed by atoms with E-state index in [1.165, 1.54) is 6.20 Å². The standard InChI is InChI=1S/C23H27N3O6S/c1-13(14-8-6-5-7-9-14)10-17(27)26-18(20(29)30)16(19(26)28)11-15-12-24-21(33-15)25-22(31)32-23(2,3)4/h5-9,12-13,16,18H,10-11H2,1-4H3,(H,29,30)(H,24,25,31)/t13-,16?,18-/m0/s1. The lowest BCUT2D eigenvalue weighted by Gasteiger charge is -2.43. The molecular weight excluding hydrogens is 446 g/mol. The van der Waals surface area contributed by atoms with Crippen molar-refractivity contribution in [2.24, 2.45) is 5.92 Å². The van der Waals surface area contributed by atoms with E-state index in [1.807, 2.05) is 37.3 Å². The predicted molar refractivity (Wildman–Crippen MR) is 122 cm³/mol. The minimum absolute atomic E-state index is 0.0385. The first-order valence-electron chi connectivity index (χ1n) is 10.5. The number of anilines is 1. The molecule has 9 nitrogen and oxygen atoms in total.